The Morgan fingerprint density at radius 1 is 1.12 bits per heavy atom. The molecule has 0 fully saturated rings. The Labute approximate surface area is 138 Å². The summed E-state index contributed by atoms with van der Waals surface area (Å²) in [6.45, 7) is -1.03. The second-order valence-electron chi connectivity index (χ2n) is 4.30. The molecule has 7 nitrogen and oxygen atoms in total. The number of hydrogen-bond donors (Lipinski definition) is 1. The van der Waals surface area contributed by atoms with Gasteiger partial charge in [-0.05, 0) is 22.9 Å². The molecule has 0 aliphatic carbocycles. The molecule has 1 N–H and O–H groups in total. The van der Waals surface area contributed by atoms with E-state index in [1.165, 1.54) is 6.07 Å². The quantitative estimate of drug-likeness (QED) is 0.265. The number of carbonyl (C=O) groups is 2. The molecule has 0 heterocycles. The van der Waals surface area contributed by atoms with Gasteiger partial charge in [0.05, 0.1) is 0 Å². The summed E-state index contributed by atoms with van der Waals surface area (Å²) in [5.41, 5.74) is 0. The van der Waals surface area contributed by atoms with Gasteiger partial charge in [0.1, 0.15) is 17.8 Å². The number of ether oxygens (including phenoxy) is 2. The molecule has 0 spiro atoms. The van der Waals surface area contributed by atoms with E-state index in [1.807, 2.05) is 12.1 Å². The minimum atomic E-state index is -4.17. The van der Waals surface area contributed by atoms with E-state index in [0.29, 0.717) is 0 Å². The van der Waals surface area contributed by atoms with Crippen LogP contribution in [0.5, 0.6) is 5.75 Å². The highest BCUT2D eigenvalue weighted by Crippen LogP contribution is 2.31. The second kappa shape index (κ2) is 8.02. The lowest BCUT2D eigenvalue weighted by Gasteiger charge is -2.12. The smallest absolute Gasteiger partial charge is 0.415 e. The van der Waals surface area contributed by atoms with E-state index in [4.69, 9.17) is 9.99 Å². The Bertz CT molecular complexity index is 738. The lowest BCUT2D eigenvalue weighted by Crippen LogP contribution is -2.30. The maximum atomic E-state index is 13.1. The molecule has 0 saturated carbocycles. The summed E-state index contributed by atoms with van der Waals surface area (Å²) in [7, 11) is 0. The van der Waals surface area contributed by atoms with Crippen LogP contribution in [-0.2, 0) is 23.7 Å². The lowest BCUT2D eigenvalue weighted by molar-refractivity contribution is -0.433. The van der Waals surface area contributed by atoms with Crippen LogP contribution in [-0.4, -0.2) is 29.1 Å². The number of esters is 2. The van der Waals surface area contributed by atoms with E-state index < -0.39 is 35.8 Å². The number of rotatable bonds is 7. The van der Waals surface area contributed by atoms with Crippen LogP contribution in [0.3, 0.4) is 0 Å². The van der Waals surface area contributed by atoms with Gasteiger partial charge in [-0.3, -0.25) is 0 Å². The Morgan fingerprint density at radius 3 is 2.54 bits per heavy atom. The predicted molar refractivity (Wildman–Crippen MR) is 77.9 cm³/mol. The first kappa shape index (κ1) is 18.1. The summed E-state index contributed by atoms with van der Waals surface area (Å²) in [5.74, 6) is -2.92. The molecule has 24 heavy (non-hydrogen) atoms. The molecule has 0 radical (unpaired) electrons. The standard InChI is InChI=1S/C14H10F2O7S/c15-14(16,24-23-22-19)13(18)20-8-12(17)21-11-6-5-9-3-1-2-4-10(9)7-11/h1-7,19H,8H2. The fourth-order valence-electron chi connectivity index (χ4n) is 1.69. The van der Waals surface area contributed by atoms with Crippen LogP contribution < -0.4 is 4.74 Å². The van der Waals surface area contributed by atoms with Crippen molar-refractivity contribution in [3.8, 4) is 5.75 Å². The number of fused-ring (bicyclic) bond motifs is 1. The zero-order chi connectivity index (χ0) is 17.6. The van der Waals surface area contributed by atoms with Crippen molar-refractivity contribution in [1.82, 2.24) is 0 Å². The highest BCUT2D eigenvalue weighted by Gasteiger charge is 2.44. The third-order valence-electron chi connectivity index (χ3n) is 2.68. The van der Waals surface area contributed by atoms with E-state index in [0.717, 1.165) is 10.8 Å². The topological polar surface area (TPSA) is 91.3 Å². The summed E-state index contributed by atoms with van der Waals surface area (Å²) < 4.78 is 38.6. The average Bonchev–Trinajstić information content (AvgIpc) is 2.57. The van der Waals surface area contributed by atoms with E-state index in [-0.39, 0.29) is 5.75 Å². The normalized spacial score (nSPS) is 11.3. The van der Waals surface area contributed by atoms with Gasteiger partial charge in [-0.25, -0.2) is 14.8 Å². The van der Waals surface area contributed by atoms with Crippen LogP contribution in [0.2, 0.25) is 0 Å². The van der Waals surface area contributed by atoms with Crippen LogP contribution in [0, 0.1) is 0 Å². The Morgan fingerprint density at radius 2 is 1.83 bits per heavy atom. The SMILES string of the molecule is O=C(COC(=O)C(F)(F)SOOO)Oc1ccc2ccccc2c1. The van der Waals surface area contributed by atoms with Crippen LogP contribution in [0.15, 0.2) is 42.5 Å². The number of hydrogen-bond acceptors (Lipinski definition) is 8. The van der Waals surface area contributed by atoms with Gasteiger partial charge in [0.25, 0.3) is 0 Å². The Kier molecular flexibility index (Phi) is 6.04. The number of halogens is 2. The largest absolute Gasteiger partial charge is 0.448 e. The molecule has 0 amide bonds. The molecule has 0 aromatic heterocycles. The van der Waals surface area contributed by atoms with Crippen molar-refractivity contribution in [3.05, 3.63) is 42.5 Å². The molecular formula is C14H10F2O7S. The third kappa shape index (κ3) is 4.86. The number of alkyl halides is 2. The molecule has 128 valence electrons. The van der Waals surface area contributed by atoms with Crippen molar-refractivity contribution in [2.24, 2.45) is 0 Å². The van der Waals surface area contributed by atoms with E-state index in [2.05, 4.69) is 14.1 Å². The van der Waals surface area contributed by atoms with Crippen LogP contribution in [0.4, 0.5) is 8.78 Å². The molecule has 0 unspecified atom stereocenters. The van der Waals surface area contributed by atoms with Crippen LogP contribution in [0.1, 0.15) is 0 Å². The maximum absolute atomic E-state index is 13.1. The maximum Gasteiger partial charge on any atom is 0.415 e. The summed E-state index contributed by atoms with van der Waals surface area (Å²) >= 11 is -0.788. The molecule has 0 saturated heterocycles. The van der Waals surface area contributed by atoms with E-state index in [1.54, 1.807) is 24.3 Å². The van der Waals surface area contributed by atoms with Crippen molar-refractivity contribution in [2.75, 3.05) is 6.61 Å². The first-order valence-corrected chi connectivity index (χ1v) is 7.07. The minimum Gasteiger partial charge on any atom is -0.448 e. The molecule has 0 aliphatic heterocycles. The van der Waals surface area contributed by atoms with Crippen molar-refractivity contribution in [3.63, 3.8) is 0 Å². The Balaban J connectivity index is 1.89. The molecule has 2 aromatic carbocycles. The Hall–Kier alpha value is -2.27. The molecule has 2 aromatic rings. The van der Waals surface area contributed by atoms with Gasteiger partial charge in [-0.15, -0.1) is 4.33 Å². The van der Waals surface area contributed by atoms with E-state index >= 15 is 0 Å². The van der Waals surface area contributed by atoms with Gasteiger partial charge in [-0.2, -0.15) is 8.78 Å². The lowest BCUT2D eigenvalue weighted by atomic mass is 10.1. The van der Waals surface area contributed by atoms with Crippen LogP contribution >= 0.6 is 12.0 Å². The third-order valence-corrected chi connectivity index (χ3v) is 3.19. The highest BCUT2D eigenvalue weighted by molar-refractivity contribution is 7.96. The first-order valence-electron chi connectivity index (χ1n) is 6.33. The van der Waals surface area contributed by atoms with Gasteiger partial charge in [-0.1, -0.05) is 35.4 Å². The minimum absolute atomic E-state index is 0.174. The van der Waals surface area contributed by atoms with E-state index in [9.17, 15) is 18.4 Å². The highest BCUT2D eigenvalue weighted by atomic mass is 32.2. The monoisotopic (exact) mass is 360 g/mol. The number of carbonyl (C=O) groups excluding carboxylic acids is 2. The molecule has 2 rings (SSSR count). The zero-order valence-corrected chi connectivity index (χ0v) is 12.6. The fraction of sp³-hybridized carbons (Fsp3) is 0.143. The predicted octanol–water partition coefficient (Wildman–Crippen LogP) is 2.95. The summed E-state index contributed by atoms with van der Waals surface area (Å²) in [6.07, 6.45) is 0. The number of benzene rings is 2. The zero-order valence-electron chi connectivity index (χ0n) is 11.8. The first-order chi connectivity index (χ1) is 11.4. The molecule has 0 atom stereocenters. The van der Waals surface area contributed by atoms with Gasteiger partial charge >= 0.3 is 17.2 Å². The molecule has 0 bridgehead atoms. The summed E-state index contributed by atoms with van der Waals surface area (Å²) in [5, 5.41) is 8.27. The average molecular weight is 360 g/mol. The van der Waals surface area contributed by atoms with Gasteiger partial charge in [0.15, 0.2) is 6.61 Å². The van der Waals surface area contributed by atoms with Crippen molar-refractivity contribution >= 4 is 34.8 Å². The molecule has 10 heteroatoms. The van der Waals surface area contributed by atoms with Crippen LogP contribution in [0.25, 0.3) is 10.8 Å². The van der Waals surface area contributed by atoms with Crippen molar-refractivity contribution < 1.29 is 42.5 Å². The van der Waals surface area contributed by atoms with Gasteiger partial charge < -0.3 is 9.47 Å². The van der Waals surface area contributed by atoms with Crippen molar-refractivity contribution in [2.45, 2.75) is 5.25 Å². The van der Waals surface area contributed by atoms with Gasteiger partial charge in [0, 0.05) is 0 Å². The molecule has 0 aliphatic rings. The van der Waals surface area contributed by atoms with Gasteiger partial charge in [0.2, 0.25) is 0 Å². The summed E-state index contributed by atoms with van der Waals surface area (Å²) in [6, 6.07) is 12.1. The van der Waals surface area contributed by atoms with Crippen molar-refractivity contribution in [1.29, 1.82) is 0 Å². The summed E-state index contributed by atoms with van der Waals surface area (Å²) in [4.78, 5) is 22.6. The molecular weight excluding hydrogens is 350 g/mol. The fourth-order valence-corrected chi connectivity index (χ4v) is 1.94. The second-order valence-corrected chi connectivity index (χ2v) is 5.12.